The Morgan fingerprint density at radius 3 is 1.83 bits per heavy atom. The summed E-state index contributed by atoms with van der Waals surface area (Å²) in [4.78, 5) is 0. The molecule has 194 valence electrons. The van der Waals surface area contributed by atoms with Crippen LogP contribution in [0.3, 0.4) is 0 Å². The third kappa shape index (κ3) is 15.7. The number of amidine groups is 1. The molecule has 2 aromatic carbocycles. The van der Waals surface area contributed by atoms with Gasteiger partial charge in [0, 0.05) is 5.75 Å². The predicted octanol–water partition coefficient (Wildman–Crippen LogP) is 4.15. The molecule has 0 spiro atoms. The van der Waals surface area contributed by atoms with E-state index in [1.807, 2.05) is 24.3 Å². The first-order chi connectivity index (χ1) is 16.7. The summed E-state index contributed by atoms with van der Waals surface area (Å²) in [6.07, 6.45) is 15.8. The van der Waals surface area contributed by atoms with E-state index >= 15 is 0 Å². The molecule has 2 aromatic rings. The second kappa shape index (κ2) is 20.3. The molecular weight excluding hydrogens is 520 g/mol. The van der Waals surface area contributed by atoms with Crippen LogP contribution in [0.1, 0.15) is 83.1 Å². The summed E-state index contributed by atoms with van der Waals surface area (Å²) in [6.45, 7) is 2.91. The van der Waals surface area contributed by atoms with Gasteiger partial charge < -0.3 is 21.7 Å². The number of hydrogen-bond donors (Lipinski definition) is 2. The van der Waals surface area contributed by atoms with E-state index in [9.17, 15) is 0 Å². The van der Waals surface area contributed by atoms with Crippen LogP contribution < -0.4 is 32.9 Å². The zero-order valence-corrected chi connectivity index (χ0v) is 23.7. The average Bonchev–Trinajstić information content (AvgIpc) is 2.85. The predicted molar refractivity (Wildman–Crippen MR) is 146 cm³/mol. The highest BCUT2D eigenvalue weighted by Gasteiger charge is 1.99. The van der Waals surface area contributed by atoms with Gasteiger partial charge in [0.25, 0.3) is 5.17 Å². The number of halogens is 1. The summed E-state index contributed by atoms with van der Waals surface area (Å²) < 4.78 is 5.72. The van der Waals surface area contributed by atoms with Crippen molar-refractivity contribution < 1.29 is 27.1 Å². The monoisotopic (exact) mass is 562 g/mol. The third-order valence-electron chi connectivity index (χ3n) is 5.70. The fraction of sp³-hybridized carbons (Fsp3) is 0.536. The van der Waals surface area contributed by atoms with Gasteiger partial charge in [-0.2, -0.15) is 10.2 Å². The number of aryl methyl sites for hydroxylation is 1. The van der Waals surface area contributed by atoms with Gasteiger partial charge in [-0.25, -0.2) is 0 Å². The van der Waals surface area contributed by atoms with Crippen LogP contribution in [-0.4, -0.2) is 17.5 Å². The first-order valence-electron chi connectivity index (χ1n) is 12.9. The first kappa shape index (κ1) is 31.2. The molecule has 0 heterocycles. The standard InChI is InChI=1S/C28H42N4OS.BrH/c1-2-3-4-5-6-7-8-9-10-11-13-24-14-16-25(17-15-24)31-32-26-18-20-27(21-19-26)33-22-12-23-34-28(29)30;/h14-21H,2-13,22-23H2,1H3,(H3,29,30);1H. The Morgan fingerprint density at radius 1 is 0.771 bits per heavy atom. The maximum atomic E-state index is 5.72. The van der Waals surface area contributed by atoms with Crippen LogP contribution in [0.2, 0.25) is 0 Å². The SMILES string of the molecule is CCCCCCCCCCCCc1ccc(N=Nc2ccc(OCCCSC(N)=[NH2+])cc2)cc1.[Br-]. The van der Waals surface area contributed by atoms with Gasteiger partial charge in [0.05, 0.1) is 18.0 Å². The second-order valence-electron chi connectivity index (χ2n) is 8.75. The van der Waals surface area contributed by atoms with E-state index in [-0.39, 0.29) is 17.0 Å². The maximum absolute atomic E-state index is 5.72. The van der Waals surface area contributed by atoms with Crippen molar-refractivity contribution in [3.05, 3.63) is 54.1 Å². The lowest BCUT2D eigenvalue weighted by Gasteiger charge is -2.05. The molecule has 7 heteroatoms. The highest BCUT2D eigenvalue weighted by molar-refractivity contribution is 8.13. The molecule has 0 fully saturated rings. The second-order valence-corrected chi connectivity index (χ2v) is 9.91. The van der Waals surface area contributed by atoms with Crippen molar-refractivity contribution in [1.82, 2.24) is 0 Å². The van der Waals surface area contributed by atoms with E-state index in [2.05, 4.69) is 41.4 Å². The molecule has 0 aliphatic heterocycles. The fourth-order valence-electron chi connectivity index (χ4n) is 3.71. The Hall–Kier alpha value is -1.86. The minimum Gasteiger partial charge on any atom is -1.00 e. The number of nitrogens with two attached hydrogens (primary N) is 2. The molecule has 0 aliphatic carbocycles. The quantitative estimate of drug-likeness (QED) is 0.124. The minimum absolute atomic E-state index is 0. The van der Waals surface area contributed by atoms with E-state index in [0.717, 1.165) is 35.7 Å². The number of ether oxygens (including phenoxy) is 1. The van der Waals surface area contributed by atoms with Crippen LogP contribution in [0.4, 0.5) is 11.4 Å². The molecule has 0 unspecified atom stereocenters. The summed E-state index contributed by atoms with van der Waals surface area (Å²) in [5, 5.41) is 14.5. The Morgan fingerprint density at radius 2 is 1.29 bits per heavy atom. The highest BCUT2D eigenvalue weighted by atomic mass is 79.9. The number of thioether (sulfide) groups is 1. The van der Waals surface area contributed by atoms with Crippen molar-refractivity contribution >= 4 is 28.3 Å². The molecule has 5 nitrogen and oxygen atoms in total. The molecule has 35 heavy (non-hydrogen) atoms. The lowest BCUT2D eigenvalue weighted by Crippen LogP contribution is -3.00. The van der Waals surface area contributed by atoms with E-state index in [1.165, 1.54) is 81.5 Å². The maximum Gasteiger partial charge on any atom is 0.299 e. The van der Waals surface area contributed by atoms with Crippen molar-refractivity contribution in [3.63, 3.8) is 0 Å². The van der Waals surface area contributed by atoms with Crippen LogP contribution in [-0.2, 0) is 6.42 Å². The van der Waals surface area contributed by atoms with Gasteiger partial charge in [-0.1, -0.05) is 76.8 Å². The summed E-state index contributed by atoms with van der Waals surface area (Å²) >= 11 is 1.45. The molecule has 0 aromatic heterocycles. The fourth-order valence-corrected chi connectivity index (χ4v) is 4.21. The van der Waals surface area contributed by atoms with E-state index in [4.69, 9.17) is 15.9 Å². The highest BCUT2D eigenvalue weighted by Crippen LogP contribution is 2.22. The molecule has 0 radical (unpaired) electrons. The van der Waals surface area contributed by atoms with Gasteiger partial charge in [0.2, 0.25) is 0 Å². The Balaban J connectivity index is 0.00000612. The molecule has 0 bridgehead atoms. The topological polar surface area (TPSA) is 85.6 Å². The van der Waals surface area contributed by atoms with E-state index in [0.29, 0.717) is 11.8 Å². The van der Waals surface area contributed by atoms with Crippen molar-refractivity contribution in [2.24, 2.45) is 16.0 Å². The molecular formula is C28H43BrN4OS. The number of benzene rings is 2. The van der Waals surface area contributed by atoms with Crippen molar-refractivity contribution in [2.75, 3.05) is 12.4 Å². The first-order valence-corrected chi connectivity index (χ1v) is 13.9. The summed E-state index contributed by atoms with van der Waals surface area (Å²) in [5.41, 5.74) is 8.49. The van der Waals surface area contributed by atoms with Crippen molar-refractivity contribution in [3.8, 4) is 5.75 Å². The van der Waals surface area contributed by atoms with Crippen LogP contribution in [0.5, 0.6) is 5.75 Å². The Kier molecular flexibility index (Phi) is 18.1. The van der Waals surface area contributed by atoms with Gasteiger partial charge >= 0.3 is 0 Å². The smallest absolute Gasteiger partial charge is 0.299 e. The third-order valence-corrected chi connectivity index (χ3v) is 6.53. The largest absolute Gasteiger partial charge is 1.00 e. The molecule has 0 atom stereocenters. The van der Waals surface area contributed by atoms with Crippen LogP contribution in [0.15, 0.2) is 58.8 Å². The zero-order chi connectivity index (χ0) is 24.3. The van der Waals surface area contributed by atoms with Gasteiger partial charge in [-0.3, -0.25) is 11.1 Å². The number of rotatable bonds is 18. The molecule has 0 aliphatic rings. The van der Waals surface area contributed by atoms with Crippen LogP contribution >= 0.6 is 11.8 Å². The van der Waals surface area contributed by atoms with Gasteiger partial charge in [-0.05, 0) is 73.0 Å². The van der Waals surface area contributed by atoms with Crippen molar-refractivity contribution in [2.45, 2.75) is 84.0 Å². The molecule has 4 N–H and O–H groups in total. The lowest BCUT2D eigenvalue weighted by molar-refractivity contribution is -0.110. The van der Waals surface area contributed by atoms with Gasteiger partial charge in [0.1, 0.15) is 5.75 Å². The minimum atomic E-state index is 0. The molecule has 2 rings (SSSR count). The Labute approximate surface area is 227 Å². The summed E-state index contributed by atoms with van der Waals surface area (Å²) in [5.74, 6) is 1.68. The molecule has 0 saturated carbocycles. The number of unbranched alkanes of at least 4 members (excludes halogenated alkanes) is 9. The van der Waals surface area contributed by atoms with Crippen LogP contribution in [0.25, 0.3) is 0 Å². The molecule has 0 saturated heterocycles. The summed E-state index contributed by atoms with van der Waals surface area (Å²) in [6, 6.07) is 16.1. The number of nitrogens with zero attached hydrogens (tertiary/aromatic N) is 2. The average molecular weight is 564 g/mol. The van der Waals surface area contributed by atoms with Crippen LogP contribution in [0, 0.1) is 0 Å². The zero-order valence-electron chi connectivity index (χ0n) is 21.3. The van der Waals surface area contributed by atoms with Gasteiger partial charge in [-0.15, -0.1) is 0 Å². The van der Waals surface area contributed by atoms with E-state index in [1.54, 1.807) is 0 Å². The Bertz CT molecular complexity index is 828. The van der Waals surface area contributed by atoms with E-state index < -0.39 is 0 Å². The molecule has 0 amide bonds. The van der Waals surface area contributed by atoms with Crippen molar-refractivity contribution in [1.29, 1.82) is 0 Å². The number of hydrogen-bond acceptors (Lipinski definition) is 4. The normalized spacial score (nSPS) is 10.9. The lowest BCUT2D eigenvalue weighted by atomic mass is 10.0. The number of azo groups is 1. The van der Waals surface area contributed by atoms with Gasteiger partial charge in [0.15, 0.2) is 0 Å². The summed E-state index contributed by atoms with van der Waals surface area (Å²) in [7, 11) is 0.